The van der Waals surface area contributed by atoms with Crippen molar-refractivity contribution in [3.05, 3.63) is 42.1 Å². The van der Waals surface area contributed by atoms with Gasteiger partial charge in [-0.15, -0.1) is 11.8 Å². The van der Waals surface area contributed by atoms with Crippen molar-refractivity contribution in [2.24, 2.45) is 0 Å². The molecular weight excluding hydrogens is 230 g/mol. The Morgan fingerprint density at radius 2 is 2.12 bits per heavy atom. The SMILES string of the molecule is CSc1cccc(Nc2ncc(N)cc2C)c1. The number of thioether (sulfide) groups is 1. The van der Waals surface area contributed by atoms with Crippen molar-refractivity contribution in [1.29, 1.82) is 0 Å². The topological polar surface area (TPSA) is 50.9 Å². The first kappa shape index (κ1) is 11.8. The van der Waals surface area contributed by atoms with Crippen molar-refractivity contribution in [2.75, 3.05) is 17.3 Å². The van der Waals surface area contributed by atoms with Crippen LogP contribution in [0.2, 0.25) is 0 Å². The Morgan fingerprint density at radius 3 is 2.82 bits per heavy atom. The number of benzene rings is 1. The zero-order chi connectivity index (χ0) is 12.3. The van der Waals surface area contributed by atoms with Crippen LogP contribution < -0.4 is 11.1 Å². The molecule has 1 aromatic carbocycles. The minimum Gasteiger partial charge on any atom is -0.397 e. The highest BCUT2D eigenvalue weighted by Gasteiger charge is 2.01. The van der Waals surface area contributed by atoms with E-state index in [4.69, 9.17) is 5.73 Å². The zero-order valence-corrected chi connectivity index (χ0v) is 10.7. The first-order valence-electron chi connectivity index (χ1n) is 5.32. The van der Waals surface area contributed by atoms with Crippen LogP contribution >= 0.6 is 11.8 Å². The predicted molar refractivity (Wildman–Crippen MR) is 74.9 cm³/mol. The van der Waals surface area contributed by atoms with Gasteiger partial charge in [-0.1, -0.05) is 6.07 Å². The minimum absolute atomic E-state index is 0.686. The van der Waals surface area contributed by atoms with E-state index in [0.717, 1.165) is 17.1 Å². The maximum Gasteiger partial charge on any atom is 0.133 e. The van der Waals surface area contributed by atoms with Crippen molar-refractivity contribution in [1.82, 2.24) is 4.98 Å². The molecule has 0 saturated carbocycles. The van der Waals surface area contributed by atoms with Gasteiger partial charge in [0.05, 0.1) is 11.9 Å². The summed E-state index contributed by atoms with van der Waals surface area (Å²) in [6, 6.07) is 10.1. The van der Waals surface area contributed by atoms with Gasteiger partial charge in [0.15, 0.2) is 0 Å². The number of hydrogen-bond donors (Lipinski definition) is 2. The van der Waals surface area contributed by atoms with Crippen LogP contribution in [0.5, 0.6) is 0 Å². The Balaban J connectivity index is 2.25. The second-order valence-electron chi connectivity index (χ2n) is 3.79. The third-order valence-corrected chi connectivity index (χ3v) is 3.16. The van der Waals surface area contributed by atoms with E-state index >= 15 is 0 Å². The summed E-state index contributed by atoms with van der Waals surface area (Å²) in [5, 5.41) is 3.29. The van der Waals surface area contributed by atoms with Crippen molar-refractivity contribution in [2.45, 2.75) is 11.8 Å². The fourth-order valence-electron chi connectivity index (χ4n) is 1.56. The molecule has 2 rings (SSSR count). The van der Waals surface area contributed by atoms with Gasteiger partial charge < -0.3 is 11.1 Å². The van der Waals surface area contributed by atoms with Gasteiger partial charge in [-0.3, -0.25) is 0 Å². The smallest absolute Gasteiger partial charge is 0.133 e. The molecule has 3 nitrogen and oxygen atoms in total. The van der Waals surface area contributed by atoms with Gasteiger partial charge in [0.2, 0.25) is 0 Å². The van der Waals surface area contributed by atoms with Crippen LogP contribution in [0.3, 0.4) is 0 Å². The highest BCUT2D eigenvalue weighted by molar-refractivity contribution is 7.98. The molecule has 0 saturated heterocycles. The summed E-state index contributed by atoms with van der Waals surface area (Å²) in [6.07, 6.45) is 3.72. The third kappa shape index (κ3) is 2.91. The molecule has 2 aromatic rings. The quantitative estimate of drug-likeness (QED) is 0.813. The van der Waals surface area contributed by atoms with Gasteiger partial charge in [-0.25, -0.2) is 4.98 Å². The first-order chi connectivity index (χ1) is 8.19. The molecule has 0 aliphatic carbocycles. The third-order valence-electron chi connectivity index (χ3n) is 2.43. The molecule has 0 amide bonds. The van der Waals surface area contributed by atoms with E-state index in [1.807, 2.05) is 25.1 Å². The fraction of sp³-hybridized carbons (Fsp3) is 0.154. The highest BCUT2D eigenvalue weighted by atomic mass is 32.2. The average molecular weight is 245 g/mol. The molecule has 1 aromatic heterocycles. The summed E-state index contributed by atoms with van der Waals surface area (Å²) in [5.41, 5.74) is 8.44. The lowest BCUT2D eigenvalue weighted by Gasteiger charge is -2.09. The summed E-state index contributed by atoms with van der Waals surface area (Å²) in [7, 11) is 0. The van der Waals surface area contributed by atoms with E-state index in [9.17, 15) is 0 Å². The fourth-order valence-corrected chi connectivity index (χ4v) is 2.02. The minimum atomic E-state index is 0.686. The van der Waals surface area contributed by atoms with E-state index in [1.54, 1.807) is 18.0 Å². The van der Waals surface area contributed by atoms with Crippen LogP contribution in [0.4, 0.5) is 17.2 Å². The molecule has 0 bridgehead atoms. The molecular formula is C13H15N3S. The van der Waals surface area contributed by atoms with Crippen molar-refractivity contribution < 1.29 is 0 Å². The molecule has 0 radical (unpaired) electrons. The summed E-state index contributed by atoms with van der Waals surface area (Å²) in [6.45, 7) is 1.99. The number of aryl methyl sites for hydroxylation is 1. The molecule has 17 heavy (non-hydrogen) atoms. The molecule has 0 aliphatic rings. The van der Waals surface area contributed by atoms with Crippen LogP contribution in [-0.2, 0) is 0 Å². The molecule has 1 heterocycles. The van der Waals surface area contributed by atoms with Crippen molar-refractivity contribution in [3.63, 3.8) is 0 Å². The number of nitrogens with two attached hydrogens (primary N) is 1. The highest BCUT2D eigenvalue weighted by Crippen LogP contribution is 2.23. The second kappa shape index (κ2) is 5.10. The van der Waals surface area contributed by atoms with Crippen molar-refractivity contribution in [3.8, 4) is 0 Å². The van der Waals surface area contributed by atoms with Gasteiger partial charge in [-0.2, -0.15) is 0 Å². The molecule has 0 spiro atoms. The standard InChI is InChI=1S/C13H15N3S/c1-9-6-10(14)8-15-13(9)16-11-4-3-5-12(7-11)17-2/h3-8H,14H2,1-2H3,(H,15,16). The molecule has 4 heteroatoms. The van der Waals surface area contributed by atoms with Gasteiger partial charge in [0.25, 0.3) is 0 Å². The summed E-state index contributed by atoms with van der Waals surface area (Å²) in [4.78, 5) is 5.51. The number of rotatable bonds is 3. The van der Waals surface area contributed by atoms with E-state index < -0.39 is 0 Å². The van der Waals surface area contributed by atoms with E-state index in [2.05, 4.69) is 28.7 Å². The number of nitrogens with zero attached hydrogens (tertiary/aromatic N) is 1. The van der Waals surface area contributed by atoms with E-state index in [1.165, 1.54) is 4.90 Å². The van der Waals surface area contributed by atoms with Crippen LogP contribution in [-0.4, -0.2) is 11.2 Å². The lowest BCUT2D eigenvalue weighted by atomic mass is 10.2. The molecule has 0 aliphatic heterocycles. The summed E-state index contributed by atoms with van der Waals surface area (Å²) in [5.74, 6) is 0.845. The average Bonchev–Trinajstić information content (AvgIpc) is 2.33. The monoisotopic (exact) mass is 245 g/mol. The summed E-state index contributed by atoms with van der Waals surface area (Å²) < 4.78 is 0. The largest absolute Gasteiger partial charge is 0.397 e. The molecule has 3 N–H and O–H groups in total. The van der Waals surface area contributed by atoms with Gasteiger partial charge in [0.1, 0.15) is 5.82 Å². The number of aromatic nitrogens is 1. The van der Waals surface area contributed by atoms with Crippen LogP contribution in [0.25, 0.3) is 0 Å². The second-order valence-corrected chi connectivity index (χ2v) is 4.67. The predicted octanol–water partition coefficient (Wildman–Crippen LogP) is 3.44. The Labute approximate surface area is 105 Å². The normalized spacial score (nSPS) is 10.2. The lowest BCUT2D eigenvalue weighted by molar-refractivity contribution is 1.25. The molecule has 88 valence electrons. The number of anilines is 3. The van der Waals surface area contributed by atoms with Gasteiger partial charge in [0, 0.05) is 10.6 Å². The van der Waals surface area contributed by atoms with Crippen molar-refractivity contribution >= 4 is 29.0 Å². The molecule has 0 fully saturated rings. The Bertz CT molecular complexity index is 526. The zero-order valence-electron chi connectivity index (χ0n) is 9.90. The van der Waals surface area contributed by atoms with Crippen LogP contribution in [0, 0.1) is 6.92 Å². The Kier molecular flexibility index (Phi) is 3.54. The number of nitrogen functional groups attached to an aromatic ring is 1. The van der Waals surface area contributed by atoms with Crippen LogP contribution in [0.1, 0.15) is 5.56 Å². The van der Waals surface area contributed by atoms with Gasteiger partial charge in [-0.05, 0) is 43.0 Å². The lowest BCUT2D eigenvalue weighted by Crippen LogP contribution is -1.98. The molecule has 0 atom stereocenters. The number of pyridine rings is 1. The van der Waals surface area contributed by atoms with E-state index in [-0.39, 0.29) is 0 Å². The van der Waals surface area contributed by atoms with E-state index in [0.29, 0.717) is 5.69 Å². The van der Waals surface area contributed by atoms with Gasteiger partial charge >= 0.3 is 0 Å². The molecule has 0 unspecified atom stereocenters. The van der Waals surface area contributed by atoms with Crippen LogP contribution in [0.15, 0.2) is 41.4 Å². The Hall–Kier alpha value is -1.68. The number of nitrogens with one attached hydrogen (secondary N) is 1. The first-order valence-corrected chi connectivity index (χ1v) is 6.54. The summed E-state index contributed by atoms with van der Waals surface area (Å²) >= 11 is 1.72. The number of hydrogen-bond acceptors (Lipinski definition) is 4. The Morgan fingerprint density at radius 1 is 1.29 bits per heavy atom. The maximum atomic E-state index is 5.67. The maximum absolute atomic E-state index is 5.67.